The number of carbonyl (C=O) groups is 2. The average Bonchev–Trinajstić information content (AvgIpc) is 2.55. The van der Waals surface area contributed by atoms with Crippen LogP contribution in [0.3, 0.4) is 0 Å². The number of aryl methyl sites for hydroxylation is 1. The lowest BCUT2D eigenvalue weighted by molar-refractivity contribution is -0.384. The van der Waals surface area contributed by atoms with E-state index in [2.05, 4.69) is 15.6 Å². The topological polar surface area (TPSA) is 114 Å². The van der Waals surface area contributed by atoms with Crippen molar-refractivity contribution in [1.29, 1.82) is 0 Å². The quantitative estimate of drug-likeness (QED) is 0.505. The fraction of sp³-hybridized carbons (Fsp3) is 0.133. The summed E-state index contributed by atoms with van der Waals surface area (Å²) in [6, 6.07) is 9.25. The van der Waals surface area contributed by atoms with Gasteiger partial charge >= 0.3 is 11.8 Å². The smallest absolute Gasteiger partial charge is 0.313 e. The summed E-state index contributed by atoms with van der Waals surface area (Å²) in [5.41, 5.74) is 1.28. The number of nitrogens with zero attached hydrogens (tertiary/aromatic N) is 2. The van der Waals surface area contributed by atoms with Crippen LogP contribution in [0, 0.1) is 17.0 Å². The molecule has 0 aliphatic rings. The molecule has 0 bridgehead atoms. The lowest BCUT2D eigenvalue weighted by atomic mass is 10.2. The zero-order valence-electron chi connectivity index (χ0n) is 12.3. The monoisotopic (exact) mass is 314 g/mol. The standard InChI is InChI=1S/C15H14N4O4/c1-10-5-6-12(19(22)23)8-13(10)18-15(21)14(20)17-9-11-4-2-3-7-16-11/h2-8H,9H2,1H3,(H,17,20)(H,18,21). The van der Waals surface area contributed by atoms with Gasteiger partial charge < -0.3 is 10.6 Å². The van der Waals surface area contributed by atoms with E-state index in [1.54, 1.807) is 31.3 Å². The summed E-state index contributed by atoms with van der Waals surface area (Å²) in [4.78, 5) is 37.8. The molecule has 8 heteroatoms. The maximum absolute atomic E-state index is 11.9. The van der Waals surface area contributed by atoms with Gasteiger partial charge in [0, 0.05) is 18.3 Å². The van der Waals surface area contributed by atoms with Gasteiger partial charge in [-0.05, 0) is 24.6 Å². The van der Waals surface area contributed by atoms with Crippen molar-refractivity contribution in [3.05, 3.63) is 64.0 Å². The van der Waals surface area contributed by atoms with Crippen LogP contribution in [0.2, 0.25) is 0 Å². The molecule has 0 unspecified atom stereocenters. The minimum Gasteiger partial charge on any atom is -0.342 e. The molecule has 0 atom stereocenters. The highest BCUT2D eigenvalue weighted by Crippen LogP contribution is 2.21. The van der Waals surface area contributed by atoms with Gasteiger partial charge in [-0.3, -0.25) is 24.7 Å². The molecular formula is C15H14N4O4. The molecule has 118 valence electrons. The number of hydrogen-bond acceptors (Lipinski definition) is 5. The molecule has 0 aliphatic carbocycles. The fourth-order valence-electron chi connectivity index (χ4n) is 1.79. The molecule has 1 aromatic heterocycles. The second-order valence-electron chi connectivity index (χ2n) is 4.71. The van der Waals surface area contributed by atoms with Gasteiger partial charge in [0.1, 0.15) is 0 Å². The van der Waals surface area contributed by atoms with E-state index in [1.165, 1.54) is 18.2 Å². The molecule has 23 heavy (non-hydrogen) atoms. The molecule has 2 N–H and O–H groups in total. The number of nitro groups is 1. The summed E-state index contributed by atoms with van der Waals surface area (Å²) < 4.78 is 0. The summed E-state index contributed by atoms with van der Waals surface area (Å²) in [5, 5.41) is 15.5. The number of hydrogen-bond donors (Lipinski definition) is 2. The van der Waals surface area contributed by atoms with Crippen LogP contribution in [0.25, 0.3) is 0 Å². The molecule has 0 saturated heterocycles. The Bertz CT molecular complexity index is 746. The van der Waals surface area contributed by atoms with Gasteiger partial charge in [-0.15, -0.1) is 0 Å². The van der Waals surface area contributed by atoms with Crippen LogP contribution < -0.4 is 10.6 Å². The van der Waals surface area contributed by atoms with E-state index in [9.17, 15) is 19.7 Å². The van der Waals surface area contributed by atoms with Crippen molar-refractivity contribution < 1.29 is 14.5 Å². The Morgan fingerprint density at radius 1 is 1.22 bits per heavy atom. The lowest BCUT2D eigenvalue weighted by Crippen LogP contribution is -2.35. The molecule has 2 aromatic rings. The van der Waals surface area contributed by atoms with Crippen molar-refractivity contribution in [1.82, 2.24) is 10.3 Å². The minimum atomic E-state index is -0.899. The largest absolute Gasteiger partial charge is 0.342 e. The van der Waals surface area contributed by atoms with Crippen molar-refractivity contribution in [2.75, 3.05) is 5.32 Å². The number of aromatic nitrogens is 1. The number of nitro benzene ring substituents is 1. The Balaban J connectivity index is 1.99. The molecule has 8 nitrogen and oxygen atoms in total. The van der Waals surface area contributed by atoms with Crippen molar-refractivity contribution >= 4 is 23.2 Å². The molecular weight excluding hydrogens is 300 g/mol. The first-order valence-corrected chi connectivity index (χ1v) is 6.71. The van der Waals surface area contributed by atoms with E-state index in [1.807, 2.05) is 0 Å². The maximum Gasteiger partial charge on any atom is 0.313 e. The first-order chi connectivity index (χ1) is 11.0. The molecule has 2 amide bonds. The van der Waals surface area contributed by atoms with Crippen LogP contribution >= 0.6 is 0 Å². The number of pyridine rings is 1. The van der Waals surface area contributed by atoms with Gasteiger partial charge in [-0.1, -0.05) is 12.1 Å². The Labute approximate surface area is 131 Å². The van der Waals surface area contributed by atoms with Crippen LogP contribution in [0.5, 0.6) is 0 Å². The van der Waals surface area contributed by atoms with Gasteiger partial charge in [0.05, 0.1) is 22.8 Å². The number of rotatable bonds is 4. The Kier molecular flexibility index (Phi) is 4.98. The summed E-state index contributed by atoms with van der Waals surface area (Å²) in [5.74, 6) is -1.74. The second-order valence-corrected chi connectivity index (χ2v) is 4.71. The third-order valence-corrected chi connectivity index (χ3v) is 3.04. The van der Waals surface area contributed by atoms with Crippen LogP contribution in [0.15, 0.2) is 42.6 Å². The molecule has 0 radical (unpaired) electrons. The third-order valence-electron chi connectivity index (χ3n) is 3.04. The van der Waals surface area contributed by atoms with Crippen LogP contribution in [-0.2, 0) is 16.1 Å². The van der Waals surface area contributed by atoms with E-state index in [-0.39, 0.29) is 17.9 Å². The number of nitrogens with one attached hydrogen (secondary N) is 2. The van der Waals surface area contributed by atoms with Gasteiger partial charge in [0.2, 0.25) is 0 Å². The van der Waals surface area contributed by atoms with Gasteiger partial charge in [0.25, 0.3) is 5.69 Å². The van der Waals surface area contributed by atoms with Gasteiger partial charge in [0.15, 0.2) is 0 Å². The van der Waals surface area contributed by atoms with E-state index in [0.717, 1.165) is 0 Å². The molecule has 0 aliphatic heterocycles. The zero-order valence-corrected chi connectivity index (χ0v) is 12.3. The zero-order chi connectivity index (χ0) is 16.8. The number of benzene rings is 1. The molecule has 1 aromatic carbocycles. The highest BCUT2D eigenvalue weighted by molar-refractivity contribution is 6.39. The molecule has 2 rings (SSSR count). The summed E-state index contributed by atoms with van der Waals surface area (Å²) >= 11 is 0. The van der Waals surface area contributed by atoms with E-state index in [0.29, 0.717) is 11.3 Å². The van der Waals surface area contributed by atoms with Crippen molar-refractivity contribution in [3.8, 4) is 0 Å². The van der Waals surface area contributed by atoms with Crippen LogP contribution in [0.4, 0.5) is 11.4 Å². The van der Waals surface area contributed by atoms with E-state index < -0.39 is 16.7 Å². The highest BCUT2D eigenvalue weighted by Gasteiger charge is 2.16. The fourth-order valence-corrected chi connectivity index (χ4v) is 1.79. The van der Waals surface area contributed by atoms with Crippen molar-refractivity contribution in [2.45, 2.75) is 13.5 Å². The number of non-ortho nitro benzene ring substituents is 1. The predicted molar refractivity (Wildman–Crippen MR) is 82.5 cm³/mol. The van der Waals surface area contributed by atoms with Crippen molar-refractivity contribution in [3.63, 3.8) is 0 Å². The molecule has 0 saturated carbocycles. The Hall–Kier alpha value is -3.29. The normalized spacial score (nSPS) is 9.96. The van der Waals surface area contributed by atoms with Crippen LogP contribution in [-0.4, -0.2) is 21.7 Å². The average molecular weight is 314 g/mol. The summed E-state index contributed by atoms with van der Waals surface area (Å²) in [7, 11) is 0. The van der Waals surface area contributed by atoms with Gasteiger partial charge in [-0.25, -0.2) is 0 Å². The third kappa shape index (κ3) is 4.34. The van der Waals surface area contributed by atoms with Gasteiger partial charge in [-0.2, -0.15) is 0 Å². The molecule has 0 fully saturated rings. The number of anilines is 1. The SMILES string of the molecule is Cc1ccc([N+](=O)[O-])cc1NC(=O)C(=O)NCc1ccccn1. The number of carbonyl (C=O) groups excluding carboxylic acids is 2. The molecule has 1 heterocycles. The lowest BCUT2D eigenvalue weighted by Gasteiger charge is -2.08. The van der Waals surface area contributed by atoms with E-state index in [4.69, 9.17) is 0 Å². The maximum atomic E-state index is 11.9. The summed E-state index contributed by atoms with van der Waals surface area (Å²) in [6.45, 7) is 1.78. The van der Waals surface area contributed by atoms with Crippen molar-refractivity contribution in [2.24, 2.45) is 0 Å². The Morgan fingerprint density at radius 3 is 2.65 bits per heavy atom. The Morgan fingerprint density at radius 2 is 2.00 bits per heavy atom. The number of amides is 2. The summed E-state index contributed by atoms with van der Waals surface area (Å²) in [6.07, 6.45) is 1.58. The van der Waals surface area contributed by atoms with Crippen LogP contribution in [0.1, 0.15) is 11.3 Å². The highest BCUT2D eigenvalue weighted by atomic mass is 16.6. The first-order valence-electron chi connectivity index (χ1n) is 6.71. The second kappa shape index (κ2) is 7.12. The molecule has 0 spiro atoms. The first kappa shape index (κ1) is 16.1. The minimum absolute atomic E-state index is 0.112. The van der Waals surface area contributed by atoms with E-state index >= 15 is 0 Å². The predicted octanol–water partition coefficient (Wildman–Crippen LogP) is 1.55.